The standard InChI is InChI=1S/C17H18O3/c1-11-8-14-9-13(6-7-16(14)20-11)17(18)12-4-3-5-15(10-12)19-2/h3-7,9-11,17-18H,8H2,1-2H3. The van der Waals surface area contributed by atoms with Crippen molar-refractivity contribution in [1.29, 1.82) is 0 Å². The maximum atomic E-state index is 10.5. The van der Waals surface area contributed by atoms with Gasteiger partial charge in [-0.25, -0.2) is 0 Å². The van der Waals surface area contributed by atoms with Gasteiger partial charge in [0.2, 0.25) is 0 Å². The van der Waals surface area contributed by atoms with E-state index < -0.39 is 6.10 Å². The smallest absolute Gasteiger partial charge is 0.123 e. The van der Waals surface area contributed by atoms with E-state index in [-0.39, 0.29) is 6.10 Å². The molecule has 1 aliphatic rings. The zero-order valence-electron chi connectivity index (χ0n) is 11.7. The SMILES string of the molecule is COc1cccc(C(O)c2ccc3c(c2)CC(C)O3)c1. The Morgan fingerprint density at radius 1 is 1.20 bits per heavy atom. The van der Waals surface area contributed by atoms with Gasteiger partial charge >= 0.3 is 0 Å². The number of ether oxygens (including phenoxy) is 2. The summed E-state index contributed by atoms with van der Waals surface area (Å²) in [4.78, 5) is 0. The van der Waals surface area contributed by atoms with E-state index in [0.717, 1.165) is 34.6 Å². The van der Waals surface area contributed by atoms with Gasteiger partial charge in [-0.1, -0.05) is 18.2 Å². The van der Waals surface area contributed by atoms with Gasteiger partial charge in [0, 0.05) is 6.42 Å². The predicted octanol–water partition coefficient (Wildman–Crippen LogP) is 3.10. The molecule has 3 heteroatoms. The third kappa shape index (κ3) is 2.37. The number of aliphatic hydroxyl groups is 1. The fourth-order valence-electron chi connectivity index (χ4n) is 2.62. The Bertz CT molecular complexity index is 621. The summed E-state index contributed by atoms with van der Waals surface area (Å²) in [7, 11) is 1.62. The molecular formula is C17H18O3. The summed E-state index contributed by atoms with van der Waals surface area (Å²) in [5.74, 6) is 1.68. The van der Waals surface area contributed by atoms with Crippen LogP contribution in [0.2, 0.25) is 0 Å². The molecule has 20 heavy (non-hydrogen) atoms. The van der Waals surface area contributed by atoms with E-state index in [1.165, 1.54) is 0 Å². The van der Waals surface area contributed by atoms with E-state index in [0.29, 0.717) is 0 Å². The molecule has 0 radical (unpaired) electrons. The van der Waals surface area contributed by atoms with Crippen LogP contribution in [0.1, 0.15) is 29.7 Å². The highest BCUT2D eigenvalue weighted by atomic mass is 16.5. The number of methoxy groups -OCH3 is 1. The molecule has 2 unspecified atom stereocenters. The predicted molar refractivity (Wildman–Crippen MR) is 77.3 cm³/mol. The Labute approximate surface area is 118 Å². The van der Waals surface area contributed by atoms with Gasteiger partial charge in [-0.2, -0.15) is 0 Å². The number of aliphatic hydroxyl groups excluding tert-OH is 1. The minimum absolute atomic E-state index is 0.217. The number of rotatable bonds is 3. The molecule has 1 aliphatic heterocycles. The zero-order chi connectivity index (χ0) is 14.1. The van der Waals surface area contributed by atoms with Gasteiger partial charge < -0.3 is 14.6 Å². The fourth-order valence-corrected chi connectivity index (χ4v) is 2.62. The van der Waals surface area contributed by atoms with Crippen LogP contribution in [0.4, 0.5) is 0 Å². The topological polar surface area (TPSA) is 38.7 Å². The van der Waals surface area contributed by atoms with E-state index in [2.05, 4.69) is 6.92 Å². The molecule has 1 heterocycles. The van der Waals surface area contributed by atoms with Crippen LogP contribution >= 0.6 is 0 Å². The van der Waals surface area contributed by atoms with Gasteiger partial charge in [-0.15, -0.1) is 0 Å². The Morgan fingerprint density at radius 3 is 2.80 bits per heavy atom. The second kappa shape index (κ2) is 5.17. The Kier molecular flexibility index (Phi) is 3.36. The van der Waals surface area contributed by atoms with E-state index >= 15 is 0 Å². The molecule has 3 rings (SSSR count). The van der Waals surface area contributed by atoms with Gasteiger partial charge in [-0.05, 0) is 47.9 Å². The van der Waals surface area contributed by atoms with Gasteiger partial charge in [-0.3, -0.25) is 0 Å². The fraction of sp³-hybridized carbons (Fsp3) is 0.294. The van der Waals surface area contributed by atoms with Crippen LogP contribution in [-0.2, 0) is 6.42 Å². The average Bonchev–Trinajstić information content (AvgIpc) is 2.85. The Hall–Kier alpha value is -2.00. The third-order valence-electron chi connectivity index (χ3n) is 3.65. The van der Waals surface area contributed by atoms with E-state index in [9.17, 15) is 5.11 Å². The summed E-state index contributed by atoms with van der Waals surface area (Å²) in [5, 5.41) is 10.5. The first kappa shape index (κ1) is 13.0. The van der Waals surface area contributed by atoms with Gasteiger partial charge in [0.1, 0.15) is 23.7 Å². The quantitative estimate of drug-likeness (QED) is 0.931. The molecule has 0 fully saturated rings. The average molecular weight is 270 g/mol. The number of fused-ring (bicyclic) bond motifs is 1. The maximum Gasteiger partial charge on any atom is 0.123 e. The molecule has 0 aliphatic carbocycles. The van der Waals surface area contributed by atoms with Crippen LogP contribution in [0.25, 0.3) is 0 Å². The van der Waals surface area contributed by atoms with Gasteiger partial charge in [0.05, 0.1) is 7.11 Å². The summed E-state index contributed by atoms with van der Waals surface area (Å²) >= 11 is 0. The molecule has 0 aromatic heterocycles. The molecule has 1 N–H and O–H groups in total. The van der Waals surface area contributed by atoms with Crippen LogP contribution in [0, 0.1) is 0 Å². The van der Waals surface area contributed by atoms with Crippen molar-refractivity contribution in [1.82, 2.24) is 0 Å². The molecule has 0 amide bonds. The minimum Gasteiger partial charge on any atom is -0.497 e. The summed E-state index contributed by atoms with van der Waals surface area (Å²) in [6, 6.07) is 13.4. The molecule has 0 saturated heterocycles. The maximum absolute atomic E-state index is 10.5. The lowest BCUT2D eigenvalue weighted by molar-refractivity contribution is 0.219. The van der Waals surface area contributed by atoms with Crippen LogP contribution < -0.4 is 9.47 Å². The molecular weight excluding hydrogens is 252 g/mol. The zero-order valence-corrected chi connectivity index (χ0v) is 11.7. The highest BCUT2D eigenvalue weighted by molar-refractivity contribution is 5.44. The molecule has 2 aromatic carbocycles. The lowest BCUT2D eigenvalue weighted by atomic mass is 9.98. The lowest BCUT2D eigenvalue weighted by Crippen LogP contribution is -2.05. The first-order valence-electron chi connectivity index (χ1n) is 6.79. The van der Waals surface area contributed by atoms with Crippen LogP contribution in [0.15, 0.2) is 42.5 Å². The van der Waals surface area contributed by atoms with Crippen LogP contribution in [0.5, 0.6) is 11.5 Å². The minimum atomic E-state index is -0.647. The summed E-state index contributed by atoms with van der Waals surface area (Å²) in [6.07, 6.45) is 0.467. The van der Waals surface area contributed by atoms with Crippen molar-refractivity contribution < 1.29 is 14.6 Å². The largest absolute Gasteiger partial charge is 0.497 e. The highest BCUT2D eigenvalue weighted by Crippen LogP contribution is 2.33. The number of hydrogen-bond donors (Lipinski definition) is 1. The van der Waals surface area contributed by atoms with Crippen LogP contribution in [-0.4, -0.2) is 18.3 Å². The molecule has 104 valence electrons. The molecule has 0 saturated carbocycles. The first-order chi connectivity index (χ1) is 9.67. The molecule has 0 bridgehead atoms. The van der Waals surface area contributed by atoms with Crippen molar-refractivity contribution >= 4 is 0 Å². The van der Waals surface area contributed by atoms with E-state index in [1.807, 2.05) is 42.5 Å². The van der Waals surface area contributed by atoms with Gasteiger partial charge in [0.25, 0.3) is 0 Å². The summed E-state index contributed by atoms with van der Waals surface area (Å²) in [6.45, 7) is 2.05. The van der Waals surface area contributed by atoms with Crippen molar-refractivity contribution in [3.63, 3.8) is 0 Å². The Balaban J connectivity index is 1.91. The van der Waals surface area contributed by atoms with Crippen LogP contribution in [0.3, 0.4) is 0 Å². The Morgan fingerprint density at radius 2 is 2.00 bits per heavy atom. The highest BCUT2D eigenvalue weighted by Gasteiger charge is 2.21. The van der Waals surface area contributed by atoms with Gasteiger partial charge in [0.15, 0.2) is 0 Å². The van der Waals surface area contributed by atoms with E-state index in [1.54, 1.807) is 7.11 Å². The second-order valence-electron chi connectivity index (χ2n) is 5.18. The molecule has 3 nitrogen and oxygen atoms in total. The number of hydrogen-bond acceptors (Lipinski definition) is 3. The lowest BCUT2D eigenvalue weighted by Gasteiger charge is -2.13. The number of benzene rings is 2. The van der Waals surface area contributed by atoms with Crippen molar-refractivity contribution in [2.45, 2.75) is 25.6 Å². The molecule has 2 atom stereocenters. The summed E-state index contributed by atoms with van der Waals surface area (Å²) in [5.41, 5.74) is 2.88. The first-order valence-corrected chi connectivity index (χ1v) is 6.79. The van der Waals surface area contributed by atoms with Crippen molar-refractivity contribution in [2.75, 3.05) is 7.11 Å². The molecule has 2 aromatic rings. The molecule has 0 spiro atoms. The van der Waals surface area contributed by atoms with Crippen molar-refractivity contribution in [3.05, 3.63) is 59.2 Å². The monoisotopic (exact) mass is 270 g/mol. The van der Waals surface area contributed by atoms with E-state index in [4.69, 9.17) is 9.47 Å². The van der Waals surface area contributed by atoms with Crippen molar-refractivity contribution in [2.24, 2.45) is 0 Å². The normalized spacial score (nSPS) is 18.2. The second-order valence-corrected chi connectivity index (χ2v) is 5.18. The van der Waals surface area contributed by atoms with Crippen molar-refractivity contribution in [3.8, 4) is 11.5 Å². The third-order valence-corrected chi connectivity index (χ3v) is 3.65. The summed E-state index contributed by atoms with van der Waals surface area (Å²) < 4.78 is 10.9.